The van der Waals surface area contributed by atoms with Gasteiger partial charge < -0.3 is 10.5 Å². The van der Waals surface area contributed by atoms with Crippen molar-refractivity contribution in [2.75, 3.05) is 6.54 Å². The number of aldehydes is 1. The molecule has 1 unspecified atom stereocenters. The van der Waals surface area contributed by atoms with Gasteiger partial charge in [-0.2, -0.15) is 0 Å². The Hall–Kier alpha value is -0.370. The second kappa shape index (κ2) is 8.63. The average molecular weight is 145 g/mol. The Balaban J connectivity index is 0. The van der Waals surface area contributed by atoms with Crippen LogP contribution in [-0.4, -0.2) is 12.8 Å². The van der Waals surface area contributed by atoms with E-state index in [-0.39, 0.29) is 13.3 Å². The highest BCUT2D eigenvalue weighted by Gasteiger charge is 1.96. The summed E-state index contributed by atoms with van der Waals surface area (Å²) in [6.45, 7) is 2.68. The summed E-state index contributed by atoms with van der Waals surface area (Å²) in [5.41, 5.74) is 5.27. The normalized spacial score (nSPS) is 11.8. The largest absolute Gasteiger partial charge is 0.330 e. The smallest absolute Gasteiger partial charge is 0.122 e. The minimum atomic E-state index is 0. The minimum Gasteiger partial charge on any atom is -0.330 e. The lowest BCUT2D eigenvalue weighted by Crippen LogP contribution is -2.01. The lowest BCUT2D eigenvalue weighted by atomic mass is 10.1. The molecule has 10 heavy (non-hydrogen) atoms. The van der Waals surface area contributed by atoms with Gasteiger partial charge in [-0.3, -0.25) is 0 Å². The molecule has 0 saturated carbocycles. The Bertz CT molecular complexity index is 73.7. The Kier molecular flexibility index (Phi) is 10.6. The van der Waals surface area contributed by atoms with E-state index in [1.165, 1.54) is 0 Å². The summed E-state index contributed by atoms with van der Waals surface area (Å²) in [4.78, 5) is 10.1. The molecule has 0 heterocycles. The second-order valence-electron chi connectivity index (χ2n) is 2.40. The van der Waals surface area contributed by atoms with Gasteiger partial charge in [-0.05, 0) is 19.4 Å². The van der Waals surface area contributed by atoms with Crippen LogP contribution in [0.4, 0.5) is 0 Å². The predicted octanol–water partition coefficient (Wildman–Crippen LogP) is 1.59. The maximum absolute atomic E-state index is 10.1. The maximum Gasteiger partial charge on any atom is 0.122 e. The van der Waals surface area contributed by atoms with Gasteiger partial charge in [0.05, 0.1) is 0 Å². The fourth-order valence-electron chi connectivity index (χ4n) is 0.679. The van der Waals surface area contributed by atoms with E-state index in [0.29, 0.717) is 0 Å². The fourth-order valence-corrected chi connectivity index (χ4v) is 0.679. The molecule has 0 rings (SSSR count). The van der Waals surface area contributed by atoms with Crippen molar-refractivity contribution in [2.24, 2.45) is 11.7 Å². The van der Waals surface area contributed by atoms with Gasteiger partial charge in [0.15, 0.2) is 0 Å². The third-order valence-corrected chi connectivity index (χ3v) is 1.35. The van der Waals surface area contributed by atoms with Crippen LogP contribution in [0.1, 0.15) is 33.6 Å². The van der Waals surface area contributed by atoms with Crippen molar-refractivity contribution in [3.05, 3.63) is 0 Å². The van der Waals surface area contributed by atoms with Crippen LogP contribution in [0.25, 0.3) is 0 Å². The van der Waals surface area contributed by atoms with E-state index in [0.717, 1.165) is 32.1 Å². The van der Waals surface area contributed by atoms with E-state index in [2.05, 4.69) is 0 Å². The molecule has 0 fully saturated rings. The van der Waals surface area contributed by atoms with Crippen molar-refractivity contribution < 1.29 is 4.79 Å². The summed E-state index contributed by atoms with van der Waals surface area (Å²) >= 11 is 0. The van der Waals surface area contributed by atoms with E-state index in [1.54, 1.807) is 0 Å². The summed E-state index contributed by atoms with van der Waals surface area (Å²) in [6, 6.07) is 0. The molecule has 0 aromatic heterocycles. The minimum absolute atomic E-state index is 0. The quantitative estimate of drug-likeness (QED) is 0.471. The molecule has 0 saturated heterocycles. The molecule has 1 atom stereocenters. The molecule has 2 nitrogen and oxygen atoms in total. The van der Waals surface area contributed by atoms with Crippen molar-refractivity contribution in [3.63, 3.8) is 0 Å². The van der Waals surface area contributed by atoms with E-state index in [9.17, 15) is 4.79 Å². The molecule has 0 aliphatic heterocycles. The molecule has 2 heteroatoms. The van der Waals surface area contributed by atoms with E-state index < -0.39 is 0 Å². The number of hydrogen-bond donors (Lipinski definition) is 1. The van der Waals surface area contributed by atoms with Crippen LogP contribution in [0.5, 0.6) is 0 Å². The van der Waals surface area contributed by atoms with Gasteiger partial charge in [0, 0.05) is 5.92 Å². The number of rotatable bonds is 5. The first-order valence-electron chi connectivity index (χ1n) is 3.46. The lowest BCUT2D eigenvalue weighted by molar-refractivity contribution is -0.110. The molecular weight excluding hydrogens is 126 g/mol. The fraction of sp³-hybridized carbons (Fsp3) is 0.875. The Labute approximate surface area is 63.8 Å². The van der Waals surface area contributed by atoms with Crippen LogP contribution in [0.3, 0.4) is 0 Å². The average Bonchev–Trinajstić information content (AvgIpc) is 1.89. The van der Waals surface area contributed by atoms with E-state index in [4.69, 9.17) is 5.73 Å². The molecule has 0 amide bonds. The van der Waals surface area contributed by atoms with E-state index in [1.807, 2.05) is 6.92 Å². The van der Waals surface area contributed by atoms with Gasteiger partial charge in [-0.1, -0.05) is 20.8 Å². The van der Waals surface area contributed by atoms with Crippen LogP contribution < -0.4 is 5.73 Å². The monoisotopic (exact) mass is 145 g/mol. The molecule has 0 radical (unpaired) electrons. The SMILES string of the molecule is C.CC(C=O)CCCCN. The van der Waals surface area contributed by atoms with Crippen molar-refractivity contribution in [1.82, 2.24) is 0 Å². The van der Waals surface area contributed by atoms with Crippen LogP contribution in [0, 0.1) is 5.92 Å². The Morgan fingerprint density at radius 1 is 1.50 bits per heavy atom. The molecule has 62 valence electrons. The molecule has 0 bridgehead atoms. The van der Waals surface area contributed by atoms with Crippen molar-refractivity contribution in [3.8, 4) is 0 Å². The van der Waals surface area contributed by atoms with Gasteiger partial charge in [-0.15, -0.1) is 0 Å². The molecule has 0 spiro atoms. The summed E-state index contributed by atoms with van der Waals surface area (Å²) in [7, 11) is 0. The molecule has 0 aromatic carbocycles. The van der Waals surface area contributed by atoms with Gasteiger partial charge in [-0.25, -0.2) is 0 Å². The van der Waals surface area contributed by atoms with Crippen molar-refractivity contribution in [1.29, 1.82) is 0 Å². The molecular formula is C8H19NO. The number of hydrogen-bond acceptors (Lipinski definition) is 2. The number of carbonyl (C=O) groups is 1. The molecule has 0 aliphatic carbocycles. The third kappa shape index (κ3) is 7.63. The zero-order valence-corrected chi connectivity index (χ0v) is 5.97. The summed E-state index contributed by atoms with van der Waals surface area (Å²) < 4.78 is 0. The van der Waals surface area contributed by atoms with Crippen LogP contribution in [-0.2, 0) is 4.79 Å². The molecule has 0 aliphatic rings. The Morgan fingerprint density at radius 2 is 2.10 bits per heavy atom. The third-order valence-electron chi connectivity index (χ3n) is 1.35. The standard InChI is InChI=1S/C7H15NO.CH4/c1-7(6-9)4-2-3-5-8;/h6-7H,2-5,8H2,1H3;1H4. The summed E-state index contributed by atoms with van der Waals surface area (Å²) in [6.07, 6.45) is 4.10. The van der Waals surface area contributed by atoms with E-state index >= 15 is 0 Å². The predicted molar refractivity (Wildman–Crippen MR) is 44.9 cm³/mol. The topological polar surface area (TPSA) is 43.1 Å². The van der Waals surface area contributed by atoms with Crippen molar-refractivity contribution in [2.45, 2.75) is 33.6 Å². The first-order chi connectivity index (χ1) is 4.31. The van der Waals surface area contributed by atoms with Gasteiger partial charge in [0.25, 0.3) is 0 Å². The van der Waals surface area contributed by atoms with Crippen LogP contribution in [0.2, 0.25) is 0 Å². The lowest BCUT2D eigenvalue weighted by Gasteiger charge is -1.99. The summed E-state index contributed by atoms with van der Waals surface area (Å²) in [5.74, 6) is 0.219. The van der Waals surface area contributed by atoms with Crippen molar-refractivity contribution >= 4 is 6.29 Å². The molecule has 0 aromatic rings. The zero-order valence-electron chi connectivity index (χ0n) is 5.97. The molecule has 2 N–H and O–H groups in total. The number of nitrogens with two attached hydrogens (primary N) is 1. The van der Waals surface area contributed by atoms with Gasteiger partial charge >= 0.3 is 0 Å². The maximum atomic E-state index is 10.1. The number of carbonyl (C=O) groups excluding carboxylic acids is 1. The highest BCUT2D eigenvalue weighted by atomic mass is 16.1. The first kappa shape index (κ1) is 12.3. The Morgan fingerprint density at radius 3 is 2.50 bits per heavy atom. The van der Waals surface area contributed by atoms with Gasteiger partial charge in [0.2, 0.25) is 0 Å². The highest BCUT2D eigenvalue weighted by Crippen LogP contribution is 2.02. The van der Waals surface area contributed by atoms with Crippen LogP contribution >= 0.6 is 0 Å². The number of unbranched alkanes of at least 4 members (excludes halogenated alkanes) is 1. The van der Waals surface area contributed by atoms with Crippen LogP contribution in [0.15, 0.2) is 0 Å². The van der Waals surface area contributed by atoms with Gasteiger partial charge in [0.1, 0.15) is 6.29 Å². The summed E-state index contributed by atoms with van der Waals surface area (Å²) in [5, 5.41) is 0. The zero-order chi connectivity index (χ0) is 7.11. The highest BCUT2D eigenvalue weighted by molar-refractivity contribution is 5.52. The second-order valence-corrected chi connectivity index (χ2v) is 2.40. The first-order valence-corrected chi connectivity index (χ1v) is 3.46.